The van der Waals surface area contributed by atoms with E-state index in [1.165, 1.54) is 24.8 Å². The summed E-state index contributed by atoms with van der Waals surface area (Å²) in [6, 6.07) is 8.48. The molecule has 2 fully saturated rings. The van der Waals surface area contributed by atoms with Crippen molar-refractivity contribution in [3.05, 3.63) is 28.7 Å². The van der Waals surface area contributed by atoms with Crippen molar-refractivity contribution in [2.24, 2.45) is 28.9 Å². The van der Waals surface area contributed by atoms with Gasteiger partial charge in [-0.25, -0.2) is 4.72 Å². The van der Waals surface area contributed by atoms with Gasteiger partial charge in [0.1, 0.15) is 6.29 Å². The van der Waals surface area contributed by atoms with Crippen LogP contribution in [0.1, 0.15) is 53.4 Å². The maximum absolute atomic E-state index is 11.6. The molecular formula is C23H36BrN3O2S. The zero-order valence-corrected chi connectivity index (χ0v) is 21.1. The van der Waals surface area contributed by atoms with Gasteiger partial charge in [0.2, 0.25) is 5.91 Å². The molecule has 2 saturated carbocycles. The molecule has 2 aliphatic rings. The van der Waals surface area contributed by atoms with Crippen LogP contribution in [0.5, 0.6) is 0 Å². The van der Waals surface area contributed by atoms with E-state index in [0.29, 0.717) is 17.9 Å². The molecule has 7 heteroatoms. The second kappa shape index (κ2) is 10.6. The van der Waals surface area contributed by atoms with Crippen LogP contribution in [0, 0.1) is 23.2 Å². The first-order valence-electron chi connectivity index (χ1n) is 10.6. The average Bonchev–Trinajstić information content (AvgIpc) is 2.66. The molecule has 0 aliphatic heterocycles. The standard InChI is InChI=1S/C13H24N2O.C10H12BrNOS/c1-8-4-9-5-10(11(8)15-3)7-13(2,6-9)12(14)16;1-10(2,7-13)12-14-9-5-3-4-8(11)6-9/h8-11,15H,4-7H2,1-3H3,(H2,14,16);3-7,12H,1-2H3. The molecule has 0 aromatic heterocycles. The minimum Gasteiger partial charge on any atom is -0.369 e. The summed E-state index contributed by atoms with van der Waals surface area (Å²) in [4.78, 5) is 23.3. The molecule has 1 aromatic carbocycles. The minimum atomic E-state index is -0.493. The van der Waals surface area contributed by atoms with E-state index in [4.69, 9.17) is 5.73 Å². The van der Waals surface area contributed by atoms with E-state index in [-0.39, 0.29) is 11.3 Å². The van der Waals surface area contributed by atoms with E-state index in [2.05, 4.69) is 39.8 Å². The lowest BCUT2D eigenvalue weighted by molar-refractivity contribution is -0.132. The van der Waals surface area contributed by atoms with Gasteiger partial charge in [-0.2, -0.15) is 0 Å². The molecule has 2 bridgehead atoms. The lowest BCUT2D eigenvalue weighted by Crippen LogP contribution is -2.52. The van der Waals surface area contributed by atoms with Gasteiger partial charge in [0, 0.05) is 20.8 Å². The maximum Gasteiger partial charge on any atom is 0.223 e. The van der Waals surface area contributed by atoms with E-state index in [0.717, 1.165) is 34.4 Å². The quantitative estimate of drug-likeness (QED) is 0.396. The Morgan fingerprint density at radius 3 is 2.60 bits per heavy atom. The van der Waals surface area contributed by atoms with Crippen LogP contribution < -0.4 is 15.8 Å². The molecule has 0 spiro atoms. The summed E-state index contributed by atoms with van der Waals surface area (Å²) in [5, 5.41) is 3.43. The minimum absolute atomic E-state index is 0.105. The third kappa shape index (κ3) is 6.81. The number of fused-ring (bicyclic) bond motifs is 2. The Balaban J connectivity index is 0.000000216. The van der Waals surface area contributed by atoms with E-state index in [1.807, 2.05) is 45.2 Å². The number of nitrogens with one attached hydrogen (secondary N) is 2. The van der Waals surface area contributed by atoms with Gasteiger partial charge in [-0.15, -0.1) is 0 Å². The van der Waals surface area contributed by atoms with Crippen molar-refractivity contribution in [1.82, 2.24) is 10.0 Å². The van der Waals surface area contributed by atoms with Crippen molar-refractivity contribution in [3.8, 4) is 0 Å². The average molecular weight is 499 g/mol. The van der Waals surface area contributed by atoms with Crippen LogP contribution in [0.15, 0.2) is 33.6 Å². The van der Waals surface area contributed by atoms with Gasteiger partial charge in [0.25, 0.3) is 0 Å². The maximum atomic E-state index is 11.6. The third-order valence-corrected chi connectivity index (χ3v) is 7.98. The van der Waals surface area contributed by atoms with E-state index in [9.17, 15) is 9.59 Å². The van der Waals surface area contributed by atoms with Gasteiger partial charge >= 0.3 is 0 Å². The van der Waals surface area contributed by atoms with Crippen LogP contribution in [0.25, 0.3) is 0 Å². The fourth-order valence-corrected chi connectivity index (χ4v) is 6.26. The van der Waals surface area contributed by atoms with Crippen molar-refractivity contribution in [1.29, 1.82) is 0 Å². The van der Waals surface area contributed by atoms with E-state index < -0.39 is 5.54 Å². The first-order valence-corrected chi connectivity index (χ1v) is 12.2. The topological polar surface area (TPSA) is 84.2 Å². The summed E-state index contributed by atoms with van der Waals surface area (Å²) in [7, 11) is 2.04. The van der Waals surface area contributed by atoms with Gasteiger partial charge in [-0.3, -0.25) is 4.79 Å². The Labute approximate surface area is 194 Å². The molecule has 2 aliphatic carbocycles. The molecule has 1 aromatic rings. The van der Waals surface area contributed by atoms with Gasteiger partial charge < -0.3 is 15.8 Å². The lowest BCUT2D eigenvalue weighted by atomic mass is 9.57. The summed E-state index contributed by atoms with van der Waals surface area (Å²) in [6.07, 6.45) is 5.38. The molecule has 5 nitrogen and oxygen atoms in total. The van der Waals surface area contributed by atoms with Crippen molar-refractivity contribution in [2.45, 2.75) is 69.9 Å². The van der Waals surface area contributed by atoms with Crippen LogP contribution in [0.3, 0.4) is 0 Å². The number of carbonyl (C=O) groups is 2. The van der Waals surface area contributed by atoms with Crippen LogP contribution >= 0.6 is 27.9 Å². The Bertz CT molecular complexity index is 743. The molecule has 1 amide bonds. The number of halogens is 1. The predicted octanol–water partition coefficient (Wildman–Crippen LogP) is 4.55. The van der Waals surface area contributed by atoms with Crippen molar-refractivity contribution < 1.29 is 9.59 Å². The summed E-state index contributed by atoms with van der Waals surface area (Å²) < 4.78 is 4.12. The molecule has 0 heterocycles. The number of nitrogens with two attached hydrogens (primary N) is 1. The Morgan fingerprint density at radius 2 is 2.03 bits per heavy atom. The number of hydrogen-bond acceptors (Lipinski definition) is 5. The molecule has 4 N–H and O–H groups in total. The molecule has 3 rings (SSSR count). The molecule has 0 saturated heterocycles. The Kier molecular flexibility index (Phi) is 8.98. The van der Waals surface area contributed by atoms with E-state index >= 15 is 0 Å². The molecule has 0 radical (unpaired) electrons. The number of carbonyl (C=O) groups excluding carboxylic acids is 2. The molecular weight excluding hydrogens is 462 g/mol. The number of primary amides is 1. The highest BCUT2D eigenvalue weighted by Gasteiger charge is 2.47. The number of rotatable bonds is 6. The van der Waals surface area contributed by atoms with Crippen LogP contribution in [-0.4, -0.2) is 30.8 Å². The SMILES string of the molecule is CC(C)(C=O)NSc1cccc(Br)c1.CNC1C(C)CC2CC1CC(C)(C(N)=O)C2. The predicted molar refractivity (Wildman–Crippen MR) is 128 cm³/mol. The Morgan fingerprint density at radius 1 is 1.33 bits per heavy atom. The van der Waals surface area contributed by atoms with Gasteiger partial charge in [0.15, 0.2) is 0 Å². The van der Waals surface area contributed by atoms with E-state index in [1.54, 1.807) is 0 Å². The van der Waals surface area contributed by atoms with Crippen molar-refractivity contribution in [2.75, 3.05) is 7.05 Å². The highest BCUT2D eigenvalue weighted by atomic mass is 79.9. The van der Waals surface area contributed by atoms with Crippen molar-refractivity contribution >= 4 is 40.1 Å². The number of amides is 1. The summed E-state index contributed by atoms with van der Waals surface area (Å²) >= 11 is 4.84. The molecule has 30 heavy (non-hydrogen) atoms. The fraction of sp³-hybridized carbons (Fsp3) is 0.652. The van der Waals surface area contributed by atoms with Crippen LogP contribution in [-0.2, 0) is 9.59 Å². The third-order valence-electron chi connectivity index (χ3n) is 6.36. The Hall–Kier alpha value is -0.890. The van der Waals surface area contributed by atoms with Crippen molar-refractivity contribution in [3.63, 3.8) is 0 Å². The first-order chi connectivity index (χ1) is 14.0. The molecule has 5 unspecified atom stereocenters. The summed E-state index contributed by atoms with van der Waals surface area (Å²) in [5.74, 6) is 1.96. The van der Waals surface area contributed by atoms with Crippen LogP contribution in [0.4, 0.5) is 0 Å². The summed E-state index contributed by atoms with van der Waals surface area (Å²) in [5.41, 5.74) is 4.81. The number of hydrogen-bond donors (Lipinski definition) is 3. The molecule has 5 atom stereocenters. The van der Waals surface area contributed by atoms with Gasteiger partial charge in [0.05, 0.1) is 5.54 Å². The van der Waals surface area contributed by atoms with Gasteiger partial charge in [-0.05, 0) is 94.5 Å². The second-order valence-corrected chi connectivity index (χ2v) is 11.5. The number of benzene rings is 1. The van der Waals surface area contributed by atoms with Gasteiger partial charge in [-0.1, -0.05) is 35.8 Å². The molecule has 168 valence electrons. The number of aldehydes is 1. The normalized spacial score (nSPS) is 30.7. The van der Waals surface area contributed by atoms with Crippen LogP contribution in [0.2, 0.25) is 0 Å². The zero-order chi connectivity index (χ0) is 22.5. The highest BCUT2D eigenvalue weighted by Crippen LogP contribution is 2.50. The lowest BCUT2D eigenvalue weighted by Gasteiger charge is -2.49. The highest BCUT2D eigenvalue weighted by molar-refractivity contribution is 9.10. The monoisotopic (exact) mass is 497 g/mol. The zero-order valence-electron chi connectivity index (χ0n) is 18.7. The first kappa shape index (κ1) is 25.4. The second-order valence-electron chi connectivity index (χ2n) is 9.72. The fourth-order valence-electron chi connectivity index (χ4n) is 4.95. The summed E-state index contributed by atoms with van der Waals surface area (Å²) in [6.45, 7) is 8.06. The largest absolute Gasteiger partial charge is 0.369 e. The smallest absolute Gasteiger partial charge is 0.223 e.